The first-order valence-corrected chi connectivity index (χ1v) is 32.2. The standard InChI is InChI=1S/C46H54ClN3O4.C26H39N3O4.CH4.HI/c1-4-6-7-8-9-10-14-26-43(51)49-42(31-34-32-48-40-25-18-15-22-37(34)40)44(52)50-41(19-5-2)45(53)54-46(35-20-12-11-13-21-35,36-29-27-33(3)28-30-36)38-23-16-17-24-39(38)47;1-3-5-6-7-8-9-10-16-24(30)28-23(25(31)29-22(13-4-2)26(32)33)17-19-18-27-21-15-12-11-14-20(19)21;;/h11-13,15-18,20-25,27-30,32,41-42,48H,4-10,14,19,26,31H2,1-3H3,(H,49,51)(H,50,52);11-12,14-15,18,22-23,27H,3-10,13,16-17H2,1-2H3,(H,28,30)(H,29,31)(H,32,33);1H4;1H. The van der Waals surface area contributed by atoms with Gasteiger partial charge in [-0.2, -0.15) is 0 Å². The van der Waals surface area contributed by atoms with E-state index in [1.54, 1.807) is 6.07 Å². The van der Waals surface area contributed by atoms with Crippen LogP contribution in [-0.2, 0) is 51.9 Å². The van der Waals surface area contributed by atoms with Crippen LogP contribution in [-0.4, -0.2) is 74.8 Å². The molecule has 7 N–H and O–H groups in total. The van der Waals surface area contributed by atoms with Crippen molar-refractivity contribution in [3.63, 3.8) is 0 Å². The number of benzene rings is 5. The number of aliphatic carboxylic acids is 1. The summed E-state index contributed by atoms with van der Waals surface area (Å²) in [6, 6.07) is 36.7. The number of carboxylic acids is 1. The highest BCUT2D eigenvalue weighted by atomic mass is 127. The number of carbonyl (C=O) groups excluding carboxylic acids is 5. The molecule has 0 spiro atoms. The first-order valence-electron chi connectivity index (χ1n) is 31.8. The molecule has 5 aromatic carbocycles. The highest BCUT2D eigenvalue weighted by Crippen LogP contribution is 2.44. The van der Waals surface area contributed by atoms with E-state index in [1.807, 2.05) is 154 Å². The van der Waals surface area contributed by atoms with Gasteiger partial charge in [-0.3, -0.25) is 19.2 Å². The van der Waals surface area contributed by atoms with Crippen molar-refractivity contribution in [1.29, 1.82) is 0 Å². The molecule has 0 aliphatic carbocycles. The van der Waals surface area contributed by atoms with Crippen LogP contribution in [0.25, 0.3) is 21.8 Å². The van der Waals surface area contributed by atoms with Crippen LogP contribution in [0.2, 0.25) is 5.02 Å². The third-order valence-electron chi connectivity index (χ3n) is 16.0. The normalized spacial score (nSPS) is 13.0. The van der Waals surface area contributed by atoms with Gasteiger partial charge in [-0.15, -0.1) is 24.0 Å². The number of carboxylic acid groups (broad SMARTS) is 1. The highest BCUT2D eigenvalue weighted by Gasteiger charge is 2.44. The summed E-state index contributed by atoms with van der Waals surface area (Å²) in [6.07, 6.45) is 22.3. The van der Waals surface area contributed by atoms with E-state index in [9.17, 15) is 33.9 Å². The molecule has 0 fully saturated rings. The lowest BCUT2D eigenvalue weighted by Crippen LogP contribution is -2.53. The Morgan fingerprint density at radius 3 is 1.38 bits per heavy atom. The van der Waals surface area contributed by atoms with Gasteiger partial charge < -0.3 is 41.1 Å². The van der Waals surface area contributed by atoms with E-state index in [1.165, 1.54) is 51.4 Å². The van der Waals surface area contributed by atoms with Gasteiger partial charge in [0.1, 0.15) is 24.2 Å². The lowest BCUT2D eigenvalue weighted by Gasteiger charge is -2.37. The van der Waals surface area contributed by atoms with Crippen LogP contribution in [0, 0.1) is 6.92 Å². The second-order valence-electron chi connectivity index (χ2n) is 23.0. The predicted octanol–water partition coefficient (Wildman–Crippen LogP) is 16.1. The fourth-order valence-electron chi connectivity index (χ4n) is 11.2. The predicted molar refractivity (Wildman–Crippen MR) is 372 cm³/mol. The summed E-state index contributed by atoms with van der Waals surface area (Å²) in [5, 5.41) is 23.3. The zero-order valence-corrected chi connectivity index (χ0v) is 55.3. The molecule has 0 aliphatic heterocycles. The van der Waals surface area contributed by atoms with Crippen molar-refractivity contribution in [3.8, 4) is 0 Å². The number of H-pyrrole nitrogens is 2. The lowest BCUT2D eigenvalue weighted by molar-refractivity contribution is -0.157. The number of rotatable bonds is 36. The third-order valence-corrected chi connectivity index (χ3v) is 16.4. The van der Waals surface area contributed by atoms with Crippen molar-refractivity contribution in [2.45, 2.75) is 213 Å². The van der Waals surface area contributed by atoms with Crippen LogP contribution < -0.4 is 21.3 Å². The number of amides is 4. The molecule has 4 amide bonds. The van der Waals surface area contributed by atoms with E-state index in [0.29, 0.717) is 54.7 Å². The monoisotopic (exact) mass is 1350 g/mol. The Bertz CT molecular complexity index is 3260. The molecule has 482 valence electrons. The number of para-hydroxylation sites is 2. The van der Waals surface area contributed by atoms with Crippen molar-refractivity contribution in [3.05, 3.63) is 178 Å². The molecule has 0 saturated carbocycles. The summed E-state index contributed by atoms with van der Waals surface area (Å²) < 4.78 is 6.73. The largest absolute Gasteiger partial charge is 0.480 e. The maximum absolute atomic E-state index is 14.6. The van der Waals surface area contributed by atoms with Crippen molar-refractivity contribution in [2.24, 2.45) is 0 Å². The fraction of sp³-hybridized carbons (Fsp3) is 0.452. The number of unbranched alkanes of at least 4 members (excludes halogenated alkanes) is 12. The molecule has 89 heavy (non-hydrogen) atoms. The zero-order valence-electron chi connectivity index (χ0n) is 52.2. The van der Waals surface area contributed by atoms with Crippen LogP contribution in [0.3, 0.4) is 0 Å². The summed E-state index contributed by atoms with van der Waals surface area (Å²) in [4.78, 5) is 85.9. The number of carbonyl (C=O) groups is 6. The van der Waals surface area contributed by atoms with E-state index < -0.39 is 53.5 Å². The van der Waals surface area contributed by atoms with Gasteiger partial charge in [0.15, 0.2) is 5.60 Å². The van der Waals surface area contributed by atoms with E-state index in [0.717, 1.165) is 82.6 Å². The van der Waals surface area contributed by atoms with E-state index in [2.05, 4.69) is 45.1 Å². The van der Waals surface area contributed by atoms with Gasteiger partial charge in [0.2, 0.25) is 23.6 Å². The zero-order chi connectivity index (χ0) is 62.4. The van der Waals surface area contributed by atoms with Gasteiger partial charge in [0.25, 0.3) is 0 Å². The van der Waals surface area contributed by atoms with E-state index >= 15 is 0 Å². The third kappa shape index (κ3) is 22.8. The Morgan fingerprint density at radius 2 is 0.910 bits per heavy atom. The molecular formula is C73H98ClIN6O8. The number of ether oxygens (including phenoxy) is 1. The topological polar surface area (TPSA) is 212 Å². The number of fused-ring (bicyclic) bond motifs is 2. The number of aromatic nitrogens is 2. The summed E-state index contributed by atoms with van der Waals surface area (Å²) in [7, 11) is 0. The van der Waals surface area contributed by atoms with Crippen LogP contribution in [0.15, 0.2) is 140 Å². The molecule has 0 bridgehead atoms. The fourth-order valence-corrected chi connectivity index (χ4v) is 11.5. The maximum Gasteiger partial charge on any atom is 0.330 e. The average Bonchev–Trinajstić information content (AvgIpc) is 1.53. The molecule has 0 aliphatic rings. The minimum Gasteiger partial charge on any atom is -0.480 e. The SMILES string of the molecule is C.CCCCCCCCCC(=O)NC(Cc1c[nH]c2ccccc12)C(=O)NC(CCC)C(=O)O.CCCCCCCCCC(=O)NC(Cc1c[nH]c2ccccc12)C(=O)NC(CCC)C(=O)OC(c1ccccc1)(c1ccc(C)cc1)c1ccccc1Cl.I. The van der Waals surface area contributed by atoms with Crippen molar-refractivity contribution < 1.29 is 38.6 Å². The summed E-state index contributed by atoms with van der Waals surface area (Å²) >= 11 is 6.92. The van der Waals surface area contributed by atoms with Gasteiger partial charge in [0.05, 0.1) is 0 Å². The number of nitrogens with one attached hydrogen (secondary N) is 6. The van der Waals surface area contributed by atoms with Gasteiger partial charge in [-0.1, -0.05) is 251 Å². The van der Waals surface area contributed by atoms with E-state index in [-0.39, 0.29) is 56.1 Å². The second kappa shape index (κ2) is 39.9. The van der Waals surface area contributed by atoms with Crippen molar-refractivity contribution >= 4 is 93.0 Å². The van der Waals surface area contributed by atoms with Crippen molar-refractivity contribution in [1.82, 2.24) is 31.2 Å². The molecule has 0 radical (unpaired) electrons. The molecule has 7 aromatic rings. The van der Waals surface area contributed by atoms with Gasteiger partial charge >= 0.3 is 11.9 Å². The first-order chi connectivity index (χ1) is 42.2. The number of hydrogen-bond donors (Lipinski definition) is 7. The quantitative estimate of drug-likeness (QED) is 0.00867. The van der Waals surface area contributed by atoms with Gasteiger partial charge in [-0.05, 0) is 61.9 Å². The average molecular weight is 1350 g/mol. The molecule has 7 rings (SSSR count). The van der Waals surface area contributed by atoms with Gasteiger partial charge in [0, 0.05) is 81.6 Å². The Morgan fingerprint density at radius 1 is 0.494 bits per heavy atom. The van der Waals surface area contributed by atoms with Crippen LogP contribution in [0.5, 0.6) is 0 Å². The minimum atomic E-state index is -1.42. The second-order valence-corrected chi connectivity index (χ2v) is 23.4. The molecule has 0 saturated heterocycles. The Balaban J connectivity index is 0.000000417. The number of halogens is 2. The van der Waals surface area contributed by atoms with Crippen molar-refractivity contribution in [2.75, 3.05) is 0 Å². The molecule has 5 unspecified atom stereocenters. The number of aryl methyl sites for hydroxylation is 1. The summed E-state index contributed by atoms with van der Waals surface area (Å²) in [5.74, 6) is -2.93. The van der Waals surface area contributed by atoms with Gasteiger partial charge in [-0.25, -0.2) is 9.59 Å². The summed E-state index contributed by atoms with van der Waals surface area (Å²) in [6.45, 7) is 10.2. The Hall–Kier alpha value is -6.98. The summed E-state index contributed by atoms with van der Waals surface area (Å²) in [5.41, 5.74) is 5.38. The maximum atomic E-state index is 14.6. The molecule has 16 heteroatoms. The smallest absolute Gasteiger partial charge is 0.330 e. The Kier molecular flexibility index (Phi) is 33.4. The molecule has 14 nitrogen and oxygen atoms in total. The molecule has 2 aromatic heterocycles. The van der Waals surface area contributed by atoms with Crippen LogP contribution in [0.4, 0.5) is 0 Å². The van der Waals surface area contributed by atoms with Crippen LogP contribution >= 0.6 is 35.6 Å². The number of hydrogen-bond acceptors (Lipinski definition) is 7. The van der Waals surface area contributed by atoms with E-state index in [4.69, 9.17) is 16.3 Å². The minimum absolute atomic E-state index is 0. The number of aromatic amines is 2. The molecule has 5 atom stereocenters. The molecular weight excluding hydrogens is 1250 g/mol. The Labute approximate surface area is 550 Å². The first kappa shape index (κ1) is 74.5. The van der Waals surface area contributed by atoms with Crippen LogP contribution in [0.1, 0.15) is 197 Å². The lowest BCUT2D eigenvalue weighted by atomic mass is 9.79. The highest BCUT2D eigenvalue weighted by molar-refractivity contribution is 14.0. The molecule has 2 heterocycles. The number of esters is 1.